The Morgan fingerprint density at radius 3 is 2.84 bits per heavy atom. The first-order valence-electron chi connectivity index (χ1n) is 6.33. The number of nitrogens with one attached hydrogen (secondary N) is 1. The third kappa shape index (κ3) is 2.15. The molecule has 1 aromatic carbocycles. The largest absolute Gasteiger partial charge is 0.504 e. The number of aryl methyl sites for hydroxylation is 1. The van der Waals surface area contributed by atoms with E-state index in [9.17, 15) is 10.2 Å². The average molecular weight is 256 g/mol. The first kappa shape index (κ1) is 12.0. The fourth-order valence-corrected chi connectivity index (χ4v) is 2.60. The smallest absolute Gasteiger partial charge is 0.157 e. The molecule has 2 aromatic rings. The van der Waals surface area contributed by atoms with Crippen molar-refractivity contribution < 1.29 is 10.2 Å². The summed E-state index contributed by atoms with van der Waals surface area (Å²) in [5, 5.41) is 22.4. The Hall–Kier alpha value is -2.07. The van der Waals surface area contributed by atoms with E-state index in [0.29, 0.717) is 0 Å². The number of hydrogen-bond donors (Lipinski definition) is 3. The molecule has 1 aliphatic rings. The van der Waals surface area contributed by atoms with Gasteiger partial charge in [-0.1, -0.05) is 6.07 Å². The van der Waals surface area contributed by atoms with Crippen LogP contribution in [0.5, 0.6) is 11.5 Å². The van der Waals surface area contributed by atoms with E-state index in [4.69, 9.17) is 0 Å². The van der Waals surface area contributed by atoms with E-state index in [2.05, 4.69) is 16.4 Å². The zero-order chi connectivity index (χ0) is 13.4. The molecule has 0 radical (unpaired) electrons. The maximum atomic E-state index is 9.65. The van der Waals surface area contributed by atoms with E-state index in [1.165, 1.54) is 17.2 Å². The molecule has 3 N–H and O–H groups in total. The Kier molecular flexibility index (Phi) is 2.87. The minimum Gasteiger partial charge on any atom is -0.504 e. The minimum atomic E-state index is -0.0846. The van der Waals surface area contributed by atoms with Crippen LogP contribution in [0.15, 0.2) is 30.5 Å². The lowest BCUT2D eigenvalue weighted by atomic mass is 9.86. The van der Waals surface area contributed by atoms with Crippen LogP contribution in [0.4, 0.5) is 0 Å². The van der Waals surface area contributed by atoms with Crippen LogP contribution in [0, 0.1) is 6.92 Å². The molecule has 19 heavy (non-hydrogen) atoms. The molecule has 3 rings (SSSR count). The third-order valence-corrected chi connectivity index (χ3v) is 3.60. The van der Waals surface area contributed by atoms with Gasteiger partial charge in [-0.15, -0.1) is 0 Å². The van der Waals surface area contributed by atoms with E-state index in [0.717, 1.165) is 24.3 Å². The van der Waals surface area contributed by atoms with Crippen LogP contribution in [0.3, 0.4) is 0 Å². The van der Waals surface area contributed by atoms with Gasteiger partial charge < -0.3 is 15.5 Å². The van der Waals surface area contributed by atoms with Crippen LogP contribution in [-0.2, 0) is 6.54 Å². The Labute approximate surface area is 111 Å². The van der Waals surface area contributed by atoms with Crippen molar-refractivity contribution in [2.45, 2.75) is 19.4 Å². The molecule has 0 fully saturated rings. The van der Waals surface area contributed by atoms with Crippen LogP contribution in [-0.4, -0.2) is 21.7 Å². The lowest BCUT2D eigenvalue weighted by molar-refractivity contribution is 0.402. The zero-order valence-corrected chi connectivity index (χ0v) is 10.7. The van der Waals surface area contributed by atoms with E-state index >= 15 is 0 Å². The fraction of sp³-hybridized carbons (Fsp3) is 0.267. The minimum absolute atomic E-state index is 0.0737. The summed E-state index contributed by atoms with van der Waals surface area (Å²) in [6.07, 6.45) is 1.91. The highest BCUT2D eigenvalue weighted by Crippen LogP contribution is 2.34. The monoisotopic (exact) mass is 256 g/mol. The van der Waals surface area contributed by atoms with Crippen molar-refractivity contribution in [3.63, 3.8) is 0 Å². The van der Waals surface area contributed by atoms with Gasteiger partial charge in [-0.25, -0.2) is 0 Å². The molecule has 0 amide bonds. The molecule has 4 nitrogen and oxygen atoms in total. The molecular formula is C15H16N2O2. The van der Waals surface area contributed by atoms with Crippen molar-refractivity contribution in [2.75, 3.05) is 6.54 Å². The van der Waals surface area contributed by atoms with Crippen LogP contribution < -0.4 is 5.32 Å². The van der Waals surface area contributed by atoms with Crippen LogP contribution in [0.1, 0.15) is 28.3 Å². The number of aromatic hydroxyl groups is 2. The Morgan fingerprint density at radius 1 is 1.21 bits per heavy atom. The van der Waals surface area contributed by atoms with Crippen LogP contribution in [0.2, 0.25) is 0 Å². The number of rotatable bonds is 1. The summed E-state index contributed by atoms with van der Waals surface area (Å²) in [6, 6.07) is 7.12. The topological polar surface area (TPSA) is 65.4 Å². The number of phenolic OH excluding ortho intramolecular Hbond substituents is 2. The van der Waals surface area contributed by atoms with Crippen molar-refractivity contribution in [1.29, 1.82) is 0 Å². The number of aromatic nitrogens is 1. The maximum absolute atomic E-state index is 9.65. The first-order chi connectivity index (χ1) is 9.15. The Balaban J connectivity index is 2.07. The zero-order valence-electron chi connectivity index (χ0n) is 10.7. The number of fused-ring (bicyclic) bond motifs is 1. The van der Waals surface area contributed by atoms with Gasteiger partial charge in [0.1, 0.15) is 0 Å². The van der Waals surface area contributed by atoms with Gasteiger partial charge in [-0.2, -0.15) is 0 Å². The summed E-state index contributed by atoms with van der Waals surface area (Å²) in [6.45, 7) is 3.62. The van der Waals surface area contributed by atoms with Crippen molar-refractivity contribution in [3.05, 3.63) is 52.8 Å². The quantitative estimate of drug-likeness (QED) is 0.683. The number of nitrogens with zero attached hydrogens (tertiary/aromatic N) is 1. The molecule has 4 heteroatoms. The van der Waals surface area contributed by atoms with Gasteiger partial charge in [0.25, 0.3) is 0 Å². The molecule has 0 spiro atoms. The molecular weight excluding hydrogens is 240 g/mol. The molecule has 0 aliphatic carbocycles. The van der Waals surface area contributed by atoms with E-state index in [1.54, 1.807) is 6.07 Å². The summed E-state index contributed by atoms with van der Waals surface area (Å²) in [4.78, 5) is 4.32. The molecule has 0 saturated carbocycles. The number of hydrogen-bond acceptors (Lipinski definition) is 4. The highest BCUT2D eigenvalue weighted by molar-refractivity contribution is 5.46. The van der Waals surface area contributed by atoms with Crippen molar-refractivity contribution >= 4 is 0 Å². The highest BCUT2D eigenvalue weighted by atomic mass is 16.3. The summed E-state index contributed by atoms with van der Waals surface area (Å²) in [5.41, 5.74) is 4.42. The predicted octanol–water partition coefficient (Wildman–Crippen LogP) is 2.04. The fourth-order valence-electron chi connectivity index (χ4n) is 2.60. The van der Waals surface area contributed by atoms with Crippen LogP contribution >= 0.6 is 0 Å². The van der Waals surface area contributed by atoms with Crippen LogP contribution in [0.25, 0.3) is 0 Å². The second-order valence-electron chi connectivity index (χ2n) is 4.96. The van der Waals surface area contributed by atoms with Gasteiger partial charge in [-0.3, -0.25) is 4.98 Å². The molecule has 1 unspecified atom stereocenters. The number of pyridine rings is 1. The van der Waals surface area contributed by atoms with Gasteiger partial charge in [-0.05, 0) is 41.8 Å². The third-order valence-electron chi connectivity index (χ3n) is 3.60. The second kappa shape index (κ2) is 4.55. The highest BCUT2D eigenvalue weighted by Gasteiger charge is 2.22. The van der Waals surface area contributed by atoms with Crippen molar-refractivity contribution in [2.24, 2.45) is 0 Å². The molecule has 0 saturated heterocycles. The molecule has 0 bridgehead atoms. The van der Waals surface area contributed by atoms with Gasteiger partial charge in [0, 0.05) is 30.9 Å². The Morgan fingerprint density at radius 2 is 2.05 bits per heavy atom. The van der Waals surface area contributed by atoms with E-state index < -0.39 is 0 Å². The van der Waals surface area contributed by atoms with E-state index in [1.807, 2.05) is 19.2 Å². The van der Waals surface area contributed by atoms with Gasteiger partial charge in [0.05, 0.1) is 0 Å². The summed E-state index contributed by atoms with van der Waals surface area (Å²) >= 11 is 0. The Bertz CT molecular complexity index is 626. The summed E-state index contributed by atoms with van der Waals surface area (Å²) in [7, 11) is 0. The average Bonchev–Trinajstić information content (AvgIpc) is 2.41. The maximum Gasteiger partial charge on any atom is 0.157 e. The normalized spacial score (nSPS) is 18.1. The summed E-state index contributed by atoms with van der Waals surface area (Å²) < 4.78 is 0. The summed E-state index contributed by atoms with van der Waals surface area (Å²) in [5.74, 6) is 0.0194. The van der Waals surface area contributed by atoms with Gasteiger partial charge in [0.15, 0.2) is 11.5 Å². The molecule has 1 aromatic heterocycles. The lowest BCUT2D eigenvalue weighted by Gasteiger charge is -2.27. The first-order valence-corrected chi connectivity index (χ1v) is 6.33. The van der Waals surface area contributed by atoms with E-state index in [-0.39, 0.29) is 17.4 Å². The van der Waals surface area contributed by atoms with Gasteiger partial charge in [0.2, 0.25) is 0 Å². The predicted molar refractivity (Wildman–Crippen MR) is 72.3 cm³/mol. The number of phenols is 2. The van der Waals surface area contributed by atoms with Crippen molar-refractivity contribution in [1.82, 2.24) is 10.3 Å². The molecule has 2 heterocycles. The lowest BCUT2D eigenvalue weighted by Crippen LogP contribution is -2.29. The standard InChI is InChI=1S/C15H16N2O2/c1-9-4-12-11(7-17-9)6-16-8-13(12)10-2-3-14(18)15(19)5-10/h2-5,7,13,16,18-19H,6,8H2,1H3. The number of benzene rings is 1. The molecule has 98 valence electrons. The SMILES string of the molecule is Cc1cc2c(cn1)CNCC2c1ccc(O)c(O)c1. The van der Waals surface area contributed by atoms with Crippen molar-refractivity contribution in [3.8, 4) is 11.5 Å². The van der Waals surface area contributed by atoms with Gasteiger partial charge >= 0.3 is 0 Å². The second-order valence-corrected chi connectivity index (χ2v) is 4.96. The molecule has 1 aliphatic heterocycles. The molecule has 1 atom stereocenters.